The Morgan fingerprint density at radius 2 is 1.28 bits per heavy atom. The number of nitrogens with zero attached hydrogens (tertiary/aromatic N) is 1. The number of para-hydroxylation sites is 2. The first-order valence-electron chi connectivity index (χ1n) is 16.5. The number of hydrogen-bond acceptors (Lipinski definition) is 1. The number of aromatic nitrogens is 1. The Morgan fingerprint density at radius 3 is 2.03 bits per heavy atom. The first-order chi connectivity index (χ1) is 22.0. The summed E-state index contributed by atoms with van der Waals surface area (Å²) >= 11 is 0. The van der Waals surface area contributed by atoms with Gasteiger partial charge in [-0.3, -0.25) is 0 Å². The molecule has 7 aromatic rings. The van der Waals surface area contributed by atoms with E-state index < -0.39 is 24.2 Å². The highest BCUT2D eigenvalue weighted by Gasteiger charge is 2.20. The van der Waals surface area contributed by atoms with Crippen LogP contribution in [0, 0.1) is 0 Å². The molecule has 1 aliphatic heterocycles. The van der Waals surface area contributed by atoms with E-state index in [0.29, 0.717) is 5.56 Å². The van der Waals surface area contributed by atoms with Gasteiger partial charge in [0, 0.05) is 27.4 Å². The second kappa shape index (κ2) is 7.34. The molecule has 2 heteroatoms. The number of benzene rings is 6. The maximum absolute atomic E-state index is 9.11. The molecular weight excluding hydrogens is 438 g/mol. The molecule has 1 aliphatic rings. The van der Waals surface area contributed by atoms with Gasteiger partial charge in [0.15, 0.2) is 0 Å². The van der Waals surface area contributed by atoms with Crippen LogP contribution >= 0.6 is 0 Å². The lowest BCUT2D eigenvalue weighted by atomic mass is 9.92. The highest BCUT2D eigenvalue weighted by atomic mass is 16.5. The molecule has 0 bridgehead atoms. The van der Waals surface area contributed by atoms with Crippen LogP contribution in [0.1, 0.15) is 13.7 Å². The van der Waals surface area contributed by atoms with E-state index in [2.05, 4.69) is 0 Å². The zero-order valence-corrected chi connectivity index (χ0v) is 18.7. The van der Waals surface area contributed by atoms with Crippen LogP contribution in [0.3, 0.4) is 0 Å². The lowest BCUT2D eigenvalue weighted by Gasteiger charge is -2.22. The third kappa shape index (κ3) is 2.73. The van der Waals surface area contributed by atoms with E-state index >= 15 is 0 Å². The zero-order chi connectivity index (χ0) is 32.3. The molecule has 0 unspecified atom stereocenters. The summed E-state index contributed by atoms with van der Waals surface area (Å²) in [6.45, 7) is 0. The fraction of sp³-hybridized carbons (Fsp3) is 0. The molecule has 0 N–H and O–H groups in total. The Kier molecular flexibility index (Phi) is 2.49. The third-order valence-electron chi connectivity index (χ3n) is 6.63. The summed E-state index contributed by atoms with van der Waals surface area (Å²) < 4.78 is 95.0. The second-order valence-electron chi connectivity index (χ2n) is 8.61. The molecule has 2 heterocycles. The van der Waals surface area contributed by atoms with Crippen LogP contribution in [-0.4, -0.2) is 4.57 Å². The van der Waals surface area contributed by atoms with E-state index in [-0.39, 0.29) is 80.9 Å². The Bertz CT molecular complexity index is 2430. The first-order valence-corrected chi connectivity index (χ1v) is 11.5. The highest BCUT2D eigenvalue weighted by Crippen LogP contribution is 2.47. The summed E-state index contributed by atoms with van der Waals surface area (Å²) in [6, 6.07) is 16.5. The van der Waals surface area contributed by atoms with Gasteiger partial charge in [-0.25, -0.2) is 0 Å². The van der Waals surface area contributed by atoms with Crippen molar-refractivity contribution in [1.82, 2.24) is 4.57 Å². The largest absolute Gasteiger partial charge is 0.456 e. The summed E-state index contributed by atoms with van der Waals surface area (Å²) in [5, 5.41) is 1.89. The van der Waals surface area contributed by atoms with Crippen LogP contribution < -0.4 is 4.74 Å². The molecule has 0 spiro atoms. The molecule has 0 fully saturated rings. The Hall–Kier alpha value is -4.82. The fourth-order valence-corrected chi connectivity index (χ4v) is 5.02. The van der Waals surface area contributed by atoms with E-state index in [4.69, 9.17) is 18.4 Å². The van der Waals surface area contributed by atoms with Crippen LogP contribution in [0.2, 0.25) is 0 Å². The van der Waals surface area contributed by atoms with Gasteiger partial charge >= 0.3 is 0 Å². The van der Waals surface area contributed by atoms with Gasteiger partial charge in [-0.2, -0.15) is 0 Å². The van der Waals surface area contributed by atoms with Crippen molar-refractivity contribution in [2.24, 2.45) is 0 Å². The molecule has 6 aromatic carbocycles. The van der Waals surface area contributed by atoms with Gasteiger partial charge in [0.2, 0.25) is 0 Å². The Labute approximate surface area is 222 Å². The van der Waals surface area contributed by atoms with Crippen LogP contribution in [0.4, 0.5) is 0 Å². The predicted molar refractivity (Wildman–Crippen MR) is 149 cm³/mol. The molecule has 1 aromatic heterocycles. The van der Waals surface area contributed by atoms with Gasteiger partial charge in [-0.1, -0.05) is 84.8 Å². The molecular formula is C34H21NO. The zero-order valence-electron chi connectivity index (χ0n) is 28.7. The minimum Gasteiger partial charge on any atom is -0.456 e. The van der Waals surface area contributed by atoms with Crippen LogP contribution in [0.15, 0.2) is 127 Å². The van der Waals surface area contributed by atoms with Gasteiger partial charge in [-0.05, 0) is 64.5 Å². The number of ether oxygens (including phenoxy) is 1. The Morgan fingerprint density at radius 1 is 0.583 bits per heavy atom. The quantitative estimate of drug-likeness (QED) is 0.246. The lowest BCUT2D eigenvalue weighted by molar-refractivity contribution is 0.487. The van der Waals surface area contributed by atoms with Gasteiger partial charge in [-0.15, -0.1) is 0 Å². The van der Waals surface area contributed by atoms with Crippen molar-refractivity contribution >= 4 is 32.6 Å². The van der Waals surface area contributed by atoms with Crippen molar-refractivity contribution in [3.05, 3.63) is 127 Å². The molecule has 0 aliphatic carbocycles. The maximum atomic E-state index is 9.11. The standard InChI is InChI=1S/C34H21NO/c1-3-12-30-26(9-1)27-10-2-4-13-31(27)35(30)25-18-15-22(16-19-25)24-17-20-32-29(21-24)28-11-5-7-23-8-6-14-33(36-32)34(23)28/h1-21H/i5D,6D,7D,8D,11D,14D,15D,16D,18D,19D. The summed E-state index contributed by atoms with van der Waals surface area (Å²) in [7, 11) is 0. The first kappa shape index (κ1) is 12.2. The lowest BCUT2D eigenvalue weighted by Crippen LogP contribution is -1.97. The average Bonchev–Trinajstić information content (AvgIpc) is 3.39. The van der Waals surface area contributed by atoms with Crippen molar-refractivity contribution < 1.29 is 18.4 Å². The van der Waals surface area contributed by atoms with Crippen molar-refractivity contribution in [1.29, 1.82) is 0 Å². The monoisotopic (exact) mass is 469 g/mol. The van der Waals surface area contributed by atoms with E-state index in [0.717, 1.165) is 21.8 Å². The van der Waals surface area contributed by atoms with E-state index in [9.17, 15) is 0 Å². The molecule has 0 saturated heterocycles. The number of hydrogen-bond donors (Lipinski definition) is 0. The predicted octanol–water partition coefficient (Wildman–Crippen LogP) is 9.38. The maximum Gasteiger partial charge on any atom is 0.135 e. The molecule has 0 atom stereocenters. The summed E-state index contributed by atoms with van der Waals surface area (Å²) in [5.41, 5.74) is 2.38. The number of fused-ring (bicyclic) bond motifs is 5. The van der Waals surface area contributed by atoms with Gasteiger partial charge in [0.05, 0.1) is 24.7 Å². The van der Waals surface area contributed by atoms with Gasteiger partial charge < -0.3 is 9.30 Å². The van der Waals surface area contributed by atoms with E-state index in [1.54, 1.807) is 16.7 Å². The topological polar surface area (TPSA) is 14.2 Å². The van der Waals surface area contributed by atoms with E-state index in [1.165, 1.54) is 6.07 Å². The normalized spacial score (nSPS) is 16.0. The summed E-state index contributed by atoms with van der Waals surface area (Å²) in [4.78, 5) is 0. The van der Waals surface area contributed by atoms with Gasteiger partial charge in [0.25, 0.3) is 0 Å². The van der Waals surface area contributed by atoms with Crippen molar-refractivity contribution in [3.63, 3.8) is 0 Å². The molecule has 0 amide bonds. The summed E-state index contributed by atoms with van der Waals surface area (Å²) in [5.74, 6) is 0.124. The second-order valence-corrected chi connectivity index (χ2v) is 8.61. The third-order valence-corrected chi connectivity index (χ3v) is 6.63. The van der Waals surface area contributed by atoms with Crippen LogP contribution in [-0.2, 0) is 0 Å². The van der Waals surface area contributed by atoms with Crippen molar-refractivity contribution in [2.75, 3.05) is 0 Å². The minimum absolute atomic E-state index is 0.0305. The SMILES string of the molecule is [2H]c1c([2H])c(-n2c3ccccc3c3ccccc32)c([2H])c([2H])c1-c1ccc2c(c1)-c1c([2H])c([2H])c([2H])c3c([2H])c([2H])c([2H])c(c13)O2. The molecule has 2 nitrogen and oxygen atoms in total. The fourth-order valence-electron chi connectivity index (χ4n) is 5.02. The molecule has 36 heavy (non-hydrogen) atoms. The Balaban J connectivity index is 1.40. The smallest absolute Gasteiger partial charge is 0.135 e. The molecule has 0 saturated carbocycles. The molecule has 8 rings (SSSR count). The highest BCUT2D eigenvalue weighted by molar-refractivity contribution is 6.09. The molecule has 168 valence electrons. The summed E-state index contributed by atoms with van der Waals surface area (Å²) in [6.07, 6.45) is 0. The van der Waals surface area contributed by atoms with Gasteiger partial charge in [0.1, 0.15) is 11.5 Å². The van der Waals surface area contributed by atoms with Crippen molar-refractivity contribution in [3.8, 4) is 39.4 Å². The van der Waals surface area contributed by atoms with E-state index in [1.807, 2.05) is 48.5 Å². The number of rotatable bonds is 2. The van der Waals surface area contributed by atoms with Crippen molar-refractivity contribution in [2.45, 2.75) is 0 Å². The minimum atomic E-state index is -0.453. The average molecular weight is 470 g/mol. The van der Waals surface area contributed by atoms with Crippen LogP contribution in [0.25, 0.3) is 60.5 Å². The van der Waals surface area contributed by atoms with Crippen LogP contribution in [0.5, 0.6) is 11.5 Å². The molecule has 0 radical (unpaired) electrons.